The Labute approximate surface area is 135 Å². The van der Waals surface area contributed by atoms with Crippen molar-refractivity contribution in [1.82, 2.24) is 10.1 Å². The minimum atomic E-state index is -0.870. The van der Waals surface area contributed by atoms with Crippen LogP contribution in [0.25, 0.3) is 11.3 Å². The second-order valence-electron chi connectivity index (χ2n) is 6.02. The summed E-state index contributed by atoms with van der Waals surface area (Å²) >= 11 is 0. The van der Waals surface area contributed by atoms with Crippen LogP contribution in [0.1, 0.15) is 54.8 Å². The Kier molecular flexibility index (Phi) is 4.76. The molecule has 5 heteroatoms. The van der Waals surface area contributed by atoms with E-state index in [1.54, 1.807) is 6.92 Å². The summed E-state index contributed by atoms with van der Waals surface area (Å²) in [4.78, 5) is 14.9. The zero-order valence-corrected chi connectivity index (χ0v) is 13.4. The molecule has 1 aromatic heterocycles. The van der Waals surface area contributed by atoms with Crippen LogP contribution in [0, 0.1) is 0 Å². The number of aromatic nitrogens is 1. The number of aliphatic hydroxyl groups excluding tert-OH is 1. The van der Waals surface area contributed by atoms with Crippen LogP contribution in [0.15, 0.2) is 34.9 Å². The van der Waals surface area contributed by atoms with Crippen LogP contribution >= 0.6 is 0 Å². The summed E-state index contributed by atoms with van der Waals surface area (Å²) in [6, 6.07) is 9.49. The van der Waals surface area contributed by atoms with E-state index in [4.69, 9.17) is 4.52 Å². The fourth-order valence-electron chi connectivity index (χ4n) is 3.02. The number of nitrogens with zero attached hydrogens (tertiary/aromatic N) is 2. The highest BCUT2D eigenvalue weighted by Crippen LogP contribution is 2.30. The van der Waals surface area contributed by atoms with Crippen molar-refractivity contribution in [3.05, 3.63) is 41.7 Å². The Balaban J connectivity index is 2.01. The second kappa shape index (κ2) is 6.96. The van der Waals surface area contributed by atoms with Gasteiger partial charge < -0.3 is 14.5 Å². The molecular weight excluding hydrogens is 292 g/mol. The van der Waals surface area contributed by atoms with Crippen molar-refractivity contribution >= 4 is 5.91 Å². The average Bonchev–Trinajstić information content (AvgIpc) is 2.83. The SMILES string of the molecule is CC(O)c1onc(-c2ccccc2)c1C(=O)N1CCCCCC1. The van der Waals surface area contributed by atoms with Crippen molar-refractivity contribution in [1.29, 1.82) is 0 Å². The van der Waals surface area contributed by atoms with Crippen LogP contribution < -0.4 is 0 Å². The standard InChI is InChI=1S/C18H22N2O3/c1-13(21)17-15(18(22)20-11-7-2-3-8-12-20)16(19-23-17)14-9-5-4-6-10-14/h4-6,9-10,13,21H,2-3,7-8,11-12H2,1H3. The van der Waals surface area contributed by atoms with E-state index in [1.165, 1.54) is 0 Å². The van der Waals surface area contributed by atoms with Crippen LogP contribution in [0.5, 0.6) is 0 Å². The van der Waals surface area contributed by atoms with Crippen molar-refractivity contribution in [3.63, 3.8) is 0 Å². The molecule has 1 fully saturated rings. The van der Waals surface area contributed by atoms with Crippen LogP contribution in [-0.2, 0) is 0 Å². The number of carbonyl (C=O) groups is 1. The molecule has 2 heterocycles. The van der Waals surface area contributed by atoms with E-state index in [0.29, 0.717) is 11.3 Å². The third-order valence-corrected chi connectivity index (χ3v) is 4.25. The molecule has 1 amide bonds. The number of aliphatic hydroxyl groups is 1. The van der Waals surface area contributed by atoms with Crippen LogP contribution in [0.2, 0.25) is 0 Å². The fourth-order valence-corrected chi connectivity index (χ4v) is 3.02. The van der Waals surface area contributed by atoms with Gasteiger partial charge >= 0.3 is 0 Å². The van der Waals surface area contributed by atoms with Crippen molar-refractivity contribution in [3.8, 4) is 11.3 Å². The molecule has 3 rings (SSSR count). The minimum absolute atomic E-state index is 0.0945. The summed E-state index contributed by atoms with van der Waals surface area (Å²) in [5.74, 6) is 0.154. The van der Waals surface area contributed by atoms with Crippen molar-refractivity contribution in [2.45, 2.75) is 38.7 Å². The summed E-state index contributed by atoms with van der Waals surface area (Å²) in [5.41, 5.74) is 1.73. The Morgan fingerprint density at radius 3 is 2.43 bits per heavy atom. The van der Waals surface area contributed by atoms with E-state index < -0.39 is 6.10 Å². The van der Waals surface area contributed by atoms with Gasteiger partial charge in [0.2, 0.25) is 0 Å². The van der Waals surface area contributed by atoms with Crippen molar-refractivity contribution in [2.24, 2.45) is 0 Å². The monoisotopic (exact) mass is 314 g/mol. The van der Waals surface area contributed by atoms with Gasteiger partial charge in [-0.15, -0.1) is 0 Å². The summed E-state index contributed by atoms with van der Waals surface area (Å²) in [6.07, 6.45) is 3.47. The molecule has 0 spiro atoms. The van der Waals surface area contributed by atoms with Gasteiger partial charge in [0.1, 0.15) is 17.4 Å². The van der Waals surface area contributed by atoms with E-state index in [-0.39, 0.29) is 11.7 Å². The molecule has 1 unspecified atom stereocenters. The summed E-state index contributed by atoms with van der Waals surface area (Å²) < 4.78 is 5.31. The van der Waals surface area contributed by atoms with Gasteiger partial charge in [0.15, 0.2) is 5.76 Å². The smallest absolute Gasteiger partial charge is 0.259 e. The van der Waals surface area contributed by atoms with Gasteiger partial charge in [-0.05, 0) is 19.8 Å². The van der Waals surface area contributed by atoms with Gasteiger partial charge in [0.05, 0.1) is 0 Å². The third-order valence-electron chi connectivity index (χ3n) is 4.25. The molecule has 1 atom stereocenters. The predicted octanol–water partition coefficient (Wildman–Crippen LogP) is 3.41. The molecule has 122 valence electrons. The second-order valence-corrected chi connectivity index (χ2v) is 6.02. The van der Waals surface area contributed by atoms with Gasteiger partial charge in [-0.1, -0.05) is 48.3 Å². The Bertz CT molecular complexity index is 656. The van der Waals surface area contributed by atoms with E-state index >= 15 is 0 Å². The first-order valence-corrected chi connectivity index (χ1v) is 8.21. The molecule has 1 N–H and O–H groups in total. The number of hydrogen-bond acceptors (Lipinski definition) is 4. The van der Waals surface area contributed by atoms with Gasteiger partial charge in [-0.3, -0.25) is 4.79 Å². The van der Waals surface area contributed by atoms with Gasteiger partial charge in [0, 0.05) is 18.7 Å². The number of hydrogen-bond donors (Lipinski definition) is 1. The predicted molar refractivity (Wildman–Crippen MR) is 86.9 cm³/mol. The van der Waals surface area contributed by atoms with E-state index in [0.717, 1.165) is 44.3 Å². The zero-order valence-electron chi connectivity index (χ0n) is 13.4. The summed E-state index contributed by atoms with van der Waals surface area (Å²) in [7, 11) is 0. The molecule has 1 aliphatic heterocycles. The van der Waals surface area contributed by atoms with Crippen LogP contribution in [0.4, 0.5) is 0 Å². The highest BCUT2D eigenvalue weighted by Gasteiger charge is 2.30. The largest absolute Gasteiger partial charge is 0.385 e. The van der Waals surface area contributed by atoms with Crippen LogP contribution in [0.3, 0.4) is 0 Å². The highest BCUT2D eigenvalue weighted by atomic mass is 16.5. The topological polar surface area (TPSA) is 66.6 Å². The number of rotatable bonds is 3. The van der Waals surface area contributed by atoms with Crippen molar-refractivity contribution in [2.75, 3.05) is 13.1 Å². The molecule has 1 aliphatic rings. The molecule has 5 nitrogen and oxygen atoms in total. The molecular formula is C18H22N2O3. The maximum absolute atomic E-state index is 13.0. The Morgan fingerprint density at radius 1 is 1.17 bits per heavy atom. The first-order valence-electron chi connectivity index (χ1n) is 8.21. The first kappa shape index (κ1) is 15.7. The third kappa shape index (κ3) is 3.29. The molecule has 1 aromatic carbocycles. The molecule has 1 saturated heterocycles. The van der Waals surface area contributed by atoms with Crippen LogP contribution in [-0.4, -0.2) is 34.2 Å². The molecule has 0 radical (unpaired) electrons. The number of benzene rings is 1. The van der Waals surface area contributed by atoms with E-state index in [9.17, 15) is 9.90 Å². The average molecular weight is 314 g/mol. The first-order chi connectivity index (χ1) is 11.2. The normalized spacial score (nSPS) is 16.9. The molecule has 2 aromatic rings. The molecule has 23 heavy (non-hydrogen) atoms. The number of likely N-dealkylation sites (tertiary alicyclic amines) is 1. The van der Waals surface area contributed by atoms with Gasteiger partial charge in [0.25, 0.3) is 5.91 Å². The Hall–Kier alpha value is -2.14. The van der Waals surface area contributed by atoms with Gasteiger partial charge in [-0.25, -0.2) is 0 Å². The number of carbonyl (C=O) groups excluding carboxylic acids is 1. The Morgan fingerprint density at radius 2 is 1.83 bits per heavy atom. The number of amides is 1. The molecule has 0 bridgehead atoms. The summed E-state index contributed by atoms with van der Waals surface area (Å²) in [5, 5.41) is 14.0. The zero-order chi connectivity index (χ0) is 16.2. The summed E-state index contributed by atoms with van der Waals surface area (Å²) in [6.45, 7) is 3.09. The van der Waals surface area contributed by atoms with Crippen molar-refractivity contribution < 1.29 is 14.4 Å². The maximum Gasteiger partial charge on any atom is 0.259 e. The highest BCUT2D eigenvalue weighted by molar-refractivity contribution is 6.01. The van der Waals surface area contributed by atoms with E-state index in [2.05, 4.69) is 5.16 Å². The maximum atomic E-state index is 13.0. The quantitative estimate of drug-likeness (QED) is 0.942. The molecule has 0 aliphatic carbocycles. The van der Waals surface area contributed by atoms with Gasteiger partial charge in [-0.2, -0.15) is 0 Å². The lowest BCUT2D eigenvalue weighted by atomic mass is 10.0. The molecule has 0 saturated carbocycles. The fraction of sp³-hybridized carbons (Fsp3) is 0.444. The lowest BCUT2D eigenvalue weighted by Crippen LogP contribution is -2.32. The lowest BCUT2D eigenvalue weighted by Gasteiger charge is -2.20. The minimum Gasteiger partial charge on any atom is -0.385 e. The lowest BCUT2D eigenvalue weighted by molar-refractivity contribution is 0.0750. The van der Waals surface area contributed by atoms with E-state index in [1.807, 2.05) is 35.2 Å².